The molecule has 0 spiro atoms. The largest absolute Gasteiger partial charge is 0.478 e. The maximum Gasteiger partial charge on any atom is 0.335 e. The predicted octanol–water partition coefficient (Wildman–Crippen LogP) is 1.10. The summed E-state index contributed by atoms with van der Waals surface area (Å²) in [5, 5.41) is 11.8. The van der Waals surface area contributed by atoms with E-state index in [0.717, 1.165) is 18.4 Å². The number of nitrogens with one attached hydrogen (secondary N) is 1. The minimum absolute atomic E-state index is 0.0272. The number of carboxylic acid groups (broad SMARTS) is 1. The van der Waals surface area contributed by atoms with Crippen LogP contribution in [0.5, 0.6) is 0 Å². The summed E-state index contributed by atoms with van der Waals surface area (Å²) in [6, 6.07) is 7.15. The van der Waals surface area contributed by atoms with E-state index >= 15 is 0 Å². The van der Waals surface area contributed by atoms with E-state index in [1.807, 2.05) is 18.0 Å². The highest BCUT2D eigenvalue weighted by atomic mass is 16.4. The van der Waals surface area contributed by atoms with Crippen molar-refractivity contribution in [2.24, 2.45) is 0 Å². The van der Waals surface area contributed by atoms with Gasteiger partial charge in [-0.25, -0.2) is 4.79 Å². The molecule has 2 N–H and O–H groups in total. The zero-order valence-corrected chi connectivity index (χ0v) is 10.9. The van der Waals surface area contributed by atoms with Gasteiger partial charge in [0.1, 0.15) is 0 Å². The second-order valence-electron chi connectivity index (χ2n) is 5.02. The molecule has 0 radical (unpaired) electrons. The molecule has 102 valence electrons. The maximum atomic E-state index is 11.6. The van der Waals surface area contributed by atoms with Crippen LogP contribution in [0.2, 0.25) is 0 Å². The number of rotatable bonds is 6. The Morgan fingerprint density at radius 1 is 1.42 bits per heavy atom. The third-order valence-electron chi connectivity index (χ3n) is 2.98. The fourth-order valence-corrected chi connectivity index (χ4v) is 1.92. The van der Waals surface area contributed by atoms with Crippen LogP contribution >= 0.6 is 0 Å². The number of nitrogens with zero attached hydrogens (tertiary/aromatic N) is 1. The lowest BCUT2D eigenvalue weighted by molar-refractivity contribution is -0.122. The Kier molecular flexibility index (Phi) is 4.16. The van der Waals surface area contributed by atoms with Crippen LogP contribution in [0.15, 0.2) is 24.3 Å². The average Bonchev–Trinajstić information content (AvgIpc) is 3.12. The van der Waals surface area contributed by atoms with Crippen LogP contribution in [-0.2, 0) is 11.3 Å². The van der Waals surface area contributed by atoms with E-state index < -0.39 is 5.97 Å². The number of likely N-dealkylation sites (N-methyl/N-ethyl adjacent to an activating group) is 1. The molecule has 19 heavy (non-hydrogen) atoms. The molecule has 0 saturated heterocycles. The summed E-state index contributed by atoms with van der Waals surface area (Å²) in [6.45, 7) is 0.882. The number of carboxylic acids is 1. The Morgan fingerprint density at radius 2 is 2.16 bits per heavy atom. The number of benzene rings is 1. The molecule has 1 amide bonds. The summed E-state index contributed by atoms with van der Waals surface area (Å²) >= 11 is 0. The van der Waals surface area contributed by atoms with Gasteiger partial charge in [0.15, 0.2) is 0 Å². The molecule has 2 rings (SSSR count). The van der Waals surface area contributed by atoms with Crippen LogP contribution in [0.3, 0.4) is 0 Å². The van der Waals surface area contributed by atoms with Crippen molar-refractivity contribution in [2.45, 2.75) is 25.4 Å². The Bertz CT molecular complexity index is 483. The molecule has 1 fully saturated rings. The van der Waals surface area contributed by atoms with Gasteiger partial charge in [-0.15, -0.1) is 0 Å². The van der Waals surface area contributed by atoms with Gasteiger partial charge in [-0.3, -0.25) is 9.69 Å². The number of amides is 1. The zero-order chi connectivity index (χ0) is 13.8. The third kappa shape index (κ3) is 4.37. The van der Waals surface area contributed by atoms with Crippen LogP contribution in [0.25, 0.3) is 0 Å². The second kappa shape index (κ2) is 5.84. The van der Waals surface area contributed by atoms with Crippen LogP contribution in [-0.4, -0.2) is 41.5 Å². The normalized spacial score (nSPS) is 14.4. The number of carbonyl (C=O) groups excluding carboxylic acids is 1. The van der Waals surface area contributed by atoms with Crippen LogP contribution in [0, 0.1) is 0 Å². The maximum absolute atomic E-state index is 11.6. The first-order chi connectivity index (χ1) is 9.04. The van der Waals surface area contributed by atoms with Gasteiger partial charge in [0.05, 0.1) is 12.1 Å². The predicted molar refractivity (Wildman–Crippen MR) is 70.9 cm³/mol. The van der Waals surface area contributed by atoms with E-state index in [9.17, 15) is 9.59 Å². The number of aromatic carboxylic acids is 1. The fraction of sp³-hybridized carbons (Fsp3) is 0.429. The van der Waals surface area contributed by atoms with Crippen molar-refractivity contribution < 1.29 is 14.7 Å². The summed E-state index contributed by atoms with van der Waals surface area (Å²) in [6.07, 6.45) is 2.16. The summed E-state index contributed by atoms with van der Waals surface area (Å²) in [5.74, 6) is -0.907. The van der Waals surface area contributed by atoms with Crippen LogP contribution < -0.4 is 5.32 Å². The molecular weight excluding hydrogens is 244 g/mol. The molecule has 0 atom stereocenters. The second-order valence-corrected chi connectivity index (χ2v) is 5.02. The van der Waals surface area contributed by atoms with E-state index in [1.165, 1.54) is 0 Å². The number of carbonyl (C=O) groups is 2. The zero-order valence-electron chi connectivity index (χ0n) is 10.9. The molecule has 1 aliphatic rings. The lowest BCUT2D eigenvalue weighted by atomic mass is 10.1. The van der Waals surface area contributed by atoms with E-state index in [-0.39, 0.29) is 11.5 Å². The molecule has 5 nitrogen and oxygen atoms in total. The van der Waals surface area contributed by atoms with Crippen molar-refractivity contribution in [2.75, 3.05) is 13.6 Å². The highest BCUT2D eigenvalue weighted by molar-refractivity contribution is 5.87. The summed E-state index contributed by atoms with van der Waals surface area (Å²) in [7, 11) is 1.85. The summed E-state index contributed by atoms with van der Waals surface area (Å²) in [4.78, 5) is 24.4. The first-order valence-electron chi connectivity index (χ1n) is 6.35. The molecular formula is C14H18N2O3. The van der Waals surface area contributed by atoms with Crippen molar-refractivity contribution in [1.29, 1.82) is 0 Å². The Hall–Kier alpha value is -1.88. The van der Waals surface area contributed by atoms with Gasteiger partial charge in [-0.05, 0) is 37.6 Å². The quantitative estimate of drug-likeness (QED) is 0.805. The molecule has 1 aromatic rings. The van der Waals surface area contributed by atoms with E-state index in [2.05, 4.69) is 5.32 Å². The molecule has 0 bridgehead atoms. The summed E-state index contributed by atoms with van der Waals surface area (Å²) < 4.78 is 0. The minimum atomic E-state index is -0.934. The van der Waals surface area contributed by atoms with Crippen molar-refractivity contribution in [1.82, 2.24) is 10.2 Å². The molecule has 0 heterocycles. The average molecular weight is 262 g/mol. The van der Waals surface area contributed by atoms with Crippen molar-refractivity contribution >= 4 is 11.9 Å². The van der Waals surface area contributed by atoms with Gasteiger partial charge >= 0.3 is 5.97 Å². The Morgan fingerprint density at radius 3 is 2.79 bits per heavy atom. The molecule has 1 saturated carbocycles. The molecule has 1 aliphatic carbocycles. The van der Waals surface area contributed by atoms with E-state index in [1.54, 1.807) is 18.2 Å². The minimum Gasteiger partial charge on any atom is -0.478 e. The van der Waals surface area contributed by atoms with Crippen LogP contribution in [0.4, 0.5) is 0 Å². The Balaban J connectivity index is 1.86. The SMILES string of the molecule is CN(CC(=O)NC1CC1)Cc1cccc(C(=O)O)c1. The van der Waals surface area contributed by atoms with Gasteiger partial charge in [0.25, 0.3) is 0 Å². The topological polar surface area (TPSA) is 69.6 Å². The molecule has 0 unspecified atom stereocenters. The molecule has 1 aromatic carbocycles. The highest BCUT2D eigenvalue weighted by Crippen LogP contribution is 2.18. The van der Waals surface area contributed by atoms with Crippen molar-refractivity contribution in [3.8, 4) is 0 Å². The van der Waals surface area contributed by atoms with Crippen molar-refractivity contribution in [3.05, 3.63) is 35.4 Å². The molecule has 0 aliphatic heterocycles. The molecule has 0 aromatic heterocycles. The Labute approximate surface area is 112 Å². The van der Waals surface area contributed by atoms with Gasteiger partial charge in [-0.1, -0.05) is 12.1 Å². The molecule has 5 heteroatoms. The van der Waals surface area contributed by atoms with E-state index in [4.69, 9.17) is 5.11 Å². The summed E-state index contributed by atoms with van der Waals surface area (Å²) in [5.41, 5.74) is 1.16. The smallest absolute Gasteiger partial charge is 0.335 e. The van der Waals surface area contributed by atoms with Gasteiger partial charge in [0, 0.05) is 12.6 Å². The van der Waals surface area contributed by atoms with Crippen LogP contribution in [0.1, 0.15) is 28.8 Å². The third-order valence-corrected chi connectivity index (χ3v) is 2.98. The standard InChI is InChI=1S/C14H18N2O3/c1-16(9-13(17)15-12-5-6-12)8-10-3-2-4-11(7-10)14(18)19/h2-4,7,12H,5-6,8-9H2,1H3,(H,15,17)(H,18,19). The highest BCUT2D eigenvalue weighted by Gasteiger charge is 2.23. The first kappa shape index (κ1) is 13.5. The number of hydrogen-bond acceptors (Lipinski definition) is 3. The first-order valence-corrected chi connectivity index (χ1v) is 6.35. The number of hydrogen-bond donors (Lipinski definition) is 2. The van der Waals surface area contributed by atoms with E-state index in [0.29, 0.717) is 19.1 Å². The van der Waals surface area contributed by atoms with Gasteiger partial charge < -0.3 is 10.4 Å². The lowest BCUT2D eigenvalue weighted by Gasteiger charge is -2.16. The van der Waals surface area contributed by atoms with Gasteiger partial charge in [-0.2, -0.15) is 0 Å². The lowest BCUT2D eigenvalue weighted by Crippen LogP contribution is -2.35. The monoisotopic (exact) mass is 262 g/mol. The fourth-order valence-electron chi connectivity index (χ4n) is 1.92. The van der Waals surface area contributed by atoms with Crippen molar-refractivity contribution in [3.63, 3.8) is 0 Å². The van der Waals surface area contributed by atoms with Gasteiger partial charge in [0.2, 0.25) is 5.91 Å².